The molecule has 0 spiro atoms. The fourth-order valence-electron chi connectivity index (χ4n) is 0.917. The number of alkyl halides is 2. The van der Waals surface area contributed by atoms with Crippen molar-refractivity contribution in [3.63, 3.8) is 0 Å². The maximum absolute atomic E-state index is 12.3. The summed E-state index contributed by atoms with van der Waals surface area (Å²) in [5.74, 6) is 0. The zero-order valence-electron chi connectivity index (χ0n) is 7.00. The van der Waals surface area contributed by atoms with Crippen LogP contribution < -0.4 is 0 Å². The van der Waals surface area contributed by atoms with Crippen LogP contribution >= 0.6 is 11.6 Å². The van der Waals surface area contributed by atoms with Crippen LogP contribution in [0, 0.1) is 17.0 Å². The number of pyridine rings is 1. The molecule has 1 heterocycles. The second kappa shape index (κ2) is 3.83. The van der Waals surface area contributed by atoms with Gasteiger partial charge in [-0.15, -0.1) is 0 Å². The first-order valence-electron chi connectivity index (χ1n) is 3.52. The van der Waals surface area contributed by atoms with Crippen molar-refractivity contribution < 1.29 is 13.7 Å². The van der Waals surface area contributed by atoms with E-state index in [0.29, 0.717) is 5.56 Å². The summed E-state index contributed by atoms with van der Waals surface area (Å²) in [6.45, 7) is 1.46. The van der Waals surface area contributed by atoms with Gasteiger partial charge < -0.3 is 0 Å². The molecule has 0 fully saturated rings. The highest BCUT2D eigenvalue weighted by molar-refractivity contribution is 6.33. The van der Waals surface area contributed by atoms with Gasteiger partial charge in [-0.25, -0.2) is 13.8 Å². The quantitative estimate of drug-likeness (QED) is 0.571. The summed E-state index contributed by atoms with van der Waals surface area (Å²) in [4.78, 5) is 12.8. The van der Waals surface area contributed by atoms with Crippen LogP contribution in [0.25, 0.3) is 0 Å². The van der Waals surface area contributed by atoms with Crippen molar-refractivity contribution in [2.45, 2.75) is 13.3 Å². The van der Waals surface area contributed by atoms with Crippen molar-refractivity contribution >= 4 is 17.3 Å². The van der Waals surface area contributed by atoms with Gasteiger partial charge in [0, 0.05) is 6.20 Å². The van der Waals surface area contributed by atoms with Gasteiger partial charge in [-0.1, -0.05) is 11.6 Å². The van der Waals surface area contributed by atoms with E-state index < -0.39 is 22.7 Å². The third-order valence-corrected chi connectivity index (χ3v) is 2.06. The molecule has 14 heavy (non-hydrogen) atoms. The molecule has 4 nitrogen and oxygen atoms in total. The highest BCUT2D eigenvalue weighted by Gasteiger charge is 2.27. The van der Waals surface area contributed by atoms with E-state index in [1.807, 2.05) is 0 Å². The molecule has 0 saturated carbocycles. The number of aromatic nitrogens is 1. The molecule has 0 bridgehead atoms. The van der Waals surface area contributed by atoms with Gasteiger partial charge in [0.1, 0.15) is 5.02 Å². The normalized spacial score (nSPS) is 10.6. The lowest BCUT2D eigenvalue weighted by Gasteiger charge is -2.03. The first-order chi connectivity index (χ1) is 6.45. The molecule has 0 unspecified atom stereocenters. The predicted octanol–water partition coefficient (Wildman–Crippen LogP) is 2.89. The maximum atomic E-state index is 12.3. The molecule has 0 aliphatic heterocycles. The first-order valence-corrected chi connectivity index (χ1v) is 3.90. The van der Waals surface area contributed by atoms with Crippen LogP contribution in [0.5, 0.6) is 0 Å². The Morgan fingerprint density at radius 3 is 2.64 bits per heavy atom. The minimum atomic E-state index is -3.01. The highest BCUT2D eigenvalue weighted by atomic mass is 35.5. The number of nitrogens with zero attached hydrogens (tertiary/aromatic N) is 2. The number of aryl methyl sites for hydroxylation is 1. The summed E-state index contributed by atoms with van der Waals surface area (Å²) in [7, 11) is 0. The smallest absolute Gasteiger partial charge is 0.258 e. The number of rotatable bonds is 2. The Balaban J connectivity index is 3.45. The molecule has 0 saturated heterocycles. The van der Waals surface area contributed by atoms with E-state index in [-0.39, 0.29) is 5.02 Å². The van der Waals surface area contributed by atoms with Crippen molar-refractivity contribution in [1.29, 1.82) is 0 Å². The lowest BCUT2D eigenvalue weighted by Crippen LogP contribution is -2.01. The second-order valence-electron chi connectivity index (χ2n) is 2.55. The number of hydrogen-bond donors (Lipinski definition) is 0. The average molecular weight is 223 g/mol. The predicted molar refractivity (Wildman–Crippen MR) is 45.6 cm³/mol. The van der Waals surface area contributed by atoms with Gasteiger partial charge in [0.15, 0.2) is 5.69 Å². The summed E-state index contributed by atoms with van der Waals surface area (Å²) in [6, 6.07) is 0. The monoisotopic (exact) mass is 222 g/mol. The molecule has 0 N–H and O–H groups in total. The Bertz CT molecular complexity index is 384. The van der Waals surface area contributed by atoms with Gasteiger partial charge in [0.2, 0.25) is 0 Å². The van der Waals surface area contributed by atoms with Gasteiger partial charge >= 0.3 is 5.69 Å². The summed E-state index contributed by atoms with van der Waals surface area (Å²) >= 11 is 5.52. The summed E-state index contributed by atoms with van der Waals surface area (Å²) in [6.07, 6.45) is -1.93. The molecule has 1 aromatic heterocycles. The third kappa shape index (κ3) is 1.79. The van der Waals surface area contributed by atoms with Gasteiger partial charge in [0.05, 0.1) is 4.92 Å². The van der Waals surface area contributed by atoms with Crippen molar-refractivity contribution in [2.24, 2.45) is 0 Å². The lowest BCUT2D eigenvalue weighted by molar-refractivity contribution is -0.386. The number of hydrogen-bond acceptors (Lipinski definition) is 3. The Morgan fingerprint density at radius 2 is 2.21 bits per heavy atom. The van der Waals surface area contributed by atoms with E-state index in [4.69, 9.17) is 11.6 Å². The molecule has 0 aliphatic rings. The number of halogens is 3. The van der Waals surface area contributed by atoms with E-state index in [0.717, 1.165) is 6.20 Å². The molecule has 0 amide bonds. The van der Waals surface area contributed by atoms with Gasteiger partial charge in [0.25, 0.3) is 6.43 Å². The first kappa shape index (κ1) is 10.8. The molecule has 0 radical (unpaired) electrons. The highest BCUT2D eigenvalue weighted by Crippen LogP contribution is 2.34. The molecule has 0 aromatic carbocycles. The van der Waals surface area contributed by atoms with E-state index in [2.05, 4.69) is 4.98 Å². The maximum Gasteiger partial charge on any atom is 0.315 e. The Morgan fingerprint density at radius 1 is 1.64 bits per heavy atom. The van der Waals surface area contributed by atoms with Crippen molar-refractivity contribution in [3.8, 4) is 0 Å². The zero-order chi connectivity index (χ0) is 10.9. The SMILES string of the molecule is Cc1cnc(C(F)F)c([N+](=O)[O-])c1Cl. The Labute approximate surface area is 82.7 Å². The van der Waals surface area contributed by atoms with Crippen molar-refractivity contribution in [1.82, 2.24) is 4.98 Å². The molecular weight excluding hydrogens is 218 g/mol. The van der Waals surface area contributed by atoms with E-state index in [1.165, 1.54) is 6.92 Å². The molecule has 76 valence electrons. The average Bonchev–Trinajstić information content (AvgIpc) is 2.08. The van der Waals surface area contributed by atoms with E-state index in [1.54, 1.807) is 0 Å². The minimum absolute atomic E-state index is 0.291. The van der Waals surface area contributed by atoms with Gasteiger partial charge in [-0.2, -0.15) is 0 Å². The fraction of sp³-hybridized carbons (Fsp3) is 0.286. The van der Waals surface area contributed by atoms with Crippen LogP contribution in [0.3, 0.4) is 0 Å². The van der Waals surface area contributed by atoms with Crippen LogP contribution in [0.2, 0.25) is 5.02 Å². The molecule has 0 aliphatic carbocycles. The van der Waals surface area contributed by atoms with Crippen molar-refractivity contribution in [3.05, 3.63) is 32.6 Å². The number of nitro groups is 1. The standard InChI is InChI=1S/C7H5ClF2N2O2/c1-3-2-11-5(7(9)10)6(4(3)8)12(13)14/h2,7H,1H3. The molecular formula is C7H5ClF2N2O2. The Kier molecular flexibility index (Phi) is 2.95. The minimum Gasteiger partial charge on any atom is -0.258 e. The summed E-state index contributed by atoms with van der Waals surface area (Å²) in [5.41, 5.74) is -1.42. The second-order valence-corrected chi connectivity index (χ2v) is 2.92. The fourth-order valence-corrected chi connectivity index (χ4v) is 1.13. The molecule has 1 rings (SSSR count). The van der Waals surface area contributed by atoms with Gasteiger partial charge in [-0.3, -0.25) is 10.1 Å². The largest absolute Gasteiger partial charge is 0.315 e. The lowest BCUT2D eigenvalue weighted by atomic mass is 10.2. The van der Waals surface area contributed by atoms with E-state index >= 15 is 0 Å². The molecule has 1 aromatic rings. The topological polar surface area (TPSA) is 56.0 Å². The summed E-state index contributed by atoms with van der Waals surface area (Å²) < 4.78 is 24.5. The third-order valence-electron chi connectivity index (χ3n) is 1.58. The van der Waals surface area contributed by atoms with Crippen molar-refractivity contribution in [2.75, 3.05) is 0 Å². The zero-order valence-corrected chi connectivity index (χ0v) is 7.76. The van der Waals surface area contributed by atoms with E-state index in [9.17, 15) is 18.9 Å². The van der Waals surface area contributed by atoms with Gasteiger partial charge in [-0.05, 0) is 12.5 Å². The van der Waals surface area contributed by atoms with Crippen LogP contribution in [0.4, 0.5) is 14.5 Å². The molecule has 0 atom stereocenters. The van der Waals surface area contributed by atoms with Crippen LogP contribution in [0.1, 0.15) is 17.7 Å². The summed E-state index contributed by atoms with van der Waals surface area (Å²) in [5, 5.41) is 10.2. The molecule has 7 heteroatoms. The van der Waals surface area contributed by atoms with Crippen LogP contribution in [-0.2, 0) is 0 Å². The van der Waals surface area contributed by atoms with Crippen LogP contribution in [-0.4, -0.2) is 9.91 Å². The Hall–Kier alpha value is -1.30. The van der Waals surface area contributed by atoms with Crippen LogP contribution in [0.15, 0.2) is 6.20 Å².